The summed E-state index contributed by atoms with van der Waals surface area (Å²) >= 11 is 6.07. The molecule has 0 atom stereocenters. The molecule has 1 aliphatic heterocycles. The number of halogens is 1. The van der Waals surface area contributed by atoms with Crippen molar-refractivity contribution in [2.45, 2.75) is 0 Å². The second kappa shape index (κ2) is 8.75. The van der Waals surface area contributed by atoms with E-state index in [0.29, 0.717) is 42.7 Å². The number of benzene rings is 2. The molecular weight excluding hydrogens is 424 g/mol. The normalized spacial score (nSPS) is 13.8. The van der Waals surface area contributed by atoms with E-state index in [1.54, 1.807) is 36.5 Å². The summed E-state index contributed by atoms with van der Waals surface area (Å²) in [7, 11) is 1.19. The molecule has 0 amide bonds. The zero-order valence-corrected chi connectivity index (χ0v) is 17.4. The summed E-state index contributed by atoms with van der Waals surface area (Å²) < 4.78 is 10.2. The molecule has 9 nitrogen and oxygen atoms in total. The Morgan fingerprint density at radius 3 is 2.74 bits per heavy atom. The molecule has 4 rings (SSSR count). The van der Waals surface area contributed by atoms with Gasteiger partial charge in [-0.05, 0) is 36.4 Å². The molecule has 2 aromatic carbocycles. The number of carbonyl (C=O) groups excluding carboxylic acids is 1. The molecule has 2 heterocycles. The van der Waals surface area contributed by atoms with Gasteiger partial charge in [0.25, 0.3) is 0 Å². The number of pyridine rings is 1. The van der Waals surface area contributed by atoms with Gasteiger partial charge in [0.05, 0.1) is 42.6 Å². The monoisotopic (exact) mass is 442 g/mol. The van der Waals surface area contributed by atoms with Crippen molar-refractivity contribution in [3.63, 3.8) is 0 Å². The fourth-order valence-electron chi connectivity index (χ4n) is 3.51. The number of fused-ring (bicyclic) bond motifs is 1. The second-order valence-corrected chi connectivity index (χ2v) is 7.36. The molecule has 1 fully saturated rings. The van der Waals surface area contributed by atoms with Crippen LogP contribution < -0.4 is 10.2 Å². The molecular formula is C21H19ClN4O5. The van der Waals surface area contributed by atoms with Gasteiger partial charge in [0.2, 0.25) is 0 Å². The molecule has 0 spiro atoms. The van der Waals surface area contributed by atoms with Gasteiger partial charge in [0, 0.05) is 29.2 Å². The minimum atomic E-state index is -0.784. The largest absolute Gasteiger partial charge is 0.465 e. The predicted molar refractivity (Wildman–Crippen MR) is 118 cm³/mol. The molecule has 1 saturated heterocycles. The van der Waals surface area contributed by atoms with Gasteiger partial charge in [0.15, 0.2) is 0 Å². The van der Waals surface area contributed by atoms with Crippen LogP contribution in [0.1, 0.15) is 10.4 Å². The Labute approximate surface area is 182 Å². The maximum atomic E-state index is 12.4. The Kier molecular flexibility index (Phi) is 5.88. The molecule has 1 N–H and O–H groups in total. The number of hydrogen-bond donors (Lipinski definition) is 1. The fourth-order valence-corrected chi connectivity index (χ4v) is 3.69. The summed E-state index contributed by atoms with van der Waals surface area (Å²) in [5.74, 6) is -0.784. The third-order valence-electron chi connectivity index (χ3n) is 4.98. The SMILES string of the molecule is COC(=O)c1cc(N2CCOCC2)cc(Nc2cnc3ccc(Cl)cc3c2)c1[N+](=O)[O-]. The molecule has 1 aromatic heterocycles. The first-order valence-electron chi connectivity index (χ1n) is 9.52. The van der Waals surface area contributed by atoms with Crippen LogP contribution in [0.15, 0.2) is 42.6 Å². The first kappa shape index (κ1) is 20.8. The number of methoxy groups -OCH3 is 1. The molecule has 160 valence electrons. The van der Waals surface area contributed by atoms with E-state index in [1.807, 2.05) is 4.90 Å². The lowest BCUT2D eigenvalue weighted by Gasteiger charge is -2.29. The van der Waals surface area contributed by atoms with E-state index in [0.717, 1.165) is 10.9 Å². The van der Waals surface area contributed by atoms with Crippen LogP contribution in [0.4, 0.5) is 22.7 Å². The molecule has 0 aliphatic carbocycles. The number of aromatic nitrogens is 1. The smallest absolute Gasteiger partial charge is 0.345 e. The van der Waals surface area contributed by atoms with Crippen LogP contribution in [-0.4, -0.2) is 49.3 Å². The van der Waals surface area contributed by atoms with Crippen molar-refractivity contribution in [3.8, 4) is 0 Å². The predicted octanol–water partition coefficient (Wildman–Crippen LogP) is 4.16. The molecule has 1 aliphatic rings. The summed E-state index contributed by atoms with van der Waals surface area (Å²) in [6.07, 6.45) is 1.57. The first-order valence-corrected chi connectivity index (χ1v) is 9.90. The Balaban J connectivity index is 1.82. The summed E-state index contributed by atoms with van der Waals surface area (Å²) in [6, 6.07) is 10.2. The maximum Gasteiger partial charge on any atom is 0.345 e. The van der Waals surface area contributed by atoms with Crippen LogP contribution in [0, 0.1) is 10.1 Å². The Bertz CT molecular complexity index is 1160. The molecule has 0 unspecified atom stereocenters. The maximum absolute atomic E-state index is 12.4. The summed E-state index contributed by atoms with van der Waals surface area (Å²) in [4.78, 5) is 30.0. The third-order valence-corrected chi connectivity index (χ3v) is 5.22. The molecule has 31 heavy (non-hydrogen) atoms. The molecule has 0 saturated carbocycles. The number of hydrogen-bond acceptors (Lipinski definition) is 8. The molecule has 0 bridgehead atoms. The zero-order valence-electron chi connectivity index (χ0n) is 16.6. The highest BCUT2D eigenvalue weighted by Crippen LogP contribution is 2.37. The Morgan fingerprint density at radius 2 is 2.03 bits per heavy atom. The van der Waals surface area contributed by atoms with Crippen LogP contribution in [0.5, 0.6) is 0 Å². The zero-order chi connectivity index (χ0) is 22.0. The van der Waals surface area contributed by atoms with E-state index in [1.165, 1.54) is 13.2 Å². The van der Waals surface area contributed by atoms with Crippen molar-refractivity contribution in [2.24, 2.45) is 0 Å². The van der Waals surface area contributed by atoms with Crippen LogP contribution in [0.3, 0.4) is 0 Å². The summed E-state index contributed by atoms with van der Waals surface area (Å²) in [5, 5.41) is 16.3. The first-order chi connectivity index (χ1) is 15.0. The number of morpholine rings is 1. The van der Waals surface area contributed by atoms with Crippen molar-refractivity contribution < 1.29 is 19.2 Å². The van der Waals surface area contributed by atoms with Crippen LogP contribution in [0.2, 0.25) is 5.02 Å². The lowest BCUT2D eigenvalue weighted by molar-refractivity contribution is -0.384. The van der Waals surface area contributed by atoms with Gasteiger partial charge in [-0.3, -0.25) is 15.1 Å². The van der Waals surface area contributed by atoms with Gasteiger partial charge in [-0.15, -0.1) is 0 Å². The lowest BCUT2D eigenvalue weighted by Crippen LogP contribution is -2.36. The number of rotatable bonds is 5. The number of nitro benzene ring substituents is 1. The van der Waals surface area contributed by atoms with Gasteiger partial charge in [-0.1, -0.05) is 11.6 Å². The lowest BCUT2D eigenvalue weighted by atomic mass is 10.1. The molecule has 3 aromatic rings. The van der Waals surface area contributed by atoms with Gasteiger partial charge in [-0.25, -0.2) is 4.79 Å². The van der Waals surface area contributed by atoms with Gasteiger partial charge in [0.1, 0.15) is 11.3 Å². The van der Waals surface area contributed by atoms with Crippen molar-refractivity contribution in [2.75, 3.05) is 43.6 Å². The van der Waals surface area contributed by atoms with E-state index in [9.17, 15) is 14.9 Å². The second-order valence-electron chi connectivity index (χ2n) is 6.92. The minimum Gasteiger partial charge on any atom is -0.465 e. The molecule has 10 heteroatoms. The third kappa shape index (κ3) is 4.37. The quantitative estimate of drug-likeness (QED) is 0.356. The van der Waals surface area contributed by atoms with Crippen LogP contribution in [-0.2, 0) is 9.47 Å². The van der Waals surface area contributed by atoms with Gasteiger partial charge in [-0.2, -0.15) is 0 Å². The van der Waals surface area contributed by atoms with E-state index < -0.39 is 10.9 Å². The Morgan fingerprint density at radius 1 is 1.26 bits per heavy atom. The van der Waals surface area contributed by atoms with Crippen molar-refractivity contribution in [3.05, 3.63) is 63.3 Å². The summed E-state index contributed by atoms with van der Waals surface area (Å²) in [6.45, 7) is 2.27. The number of esters is 1. The fraction of sp³-hybridized carbons (Fsp3) is 0.238. The number of anilines is 3. The van der Waals surface area contributed by atoms with E-state index in [2.05, 4.69) is 10.3 Å². The highest BCUT2D eigenvalue weighted by atomic mass is 35.5. The van der Waals surface area contributed by atoms with E-state index >= 15 is 0 Å². The highest BCUT2D eigenvalue weighted by molar-refractivity contribution is 6.31. The number of carbonyl (C=O) groups is 1. The summed E-state index contributed by atoms with van der Waals surface area (Å²) in [5.41, 5.74) is 1.59. The Hall–Kier alpha value is -3.43. The van der Waals surface area contributed by atoms with Crippen molar-refractivity contribution >= 4 is 51.2 Å². The average Bonchev–Trinajstić information content (AvgIpc) is 2.78. The van der Waals surface area contributed by atoms with Crippen LogP contribution >= 0.6 is 11.6 Å². The van der Waals surface area contributed by atoms with Crippen molar-refractivity contribution in [1.82, 2.24) is 4.98 Å². The number of nitro groups is 1. The standard InChI is InChI=1S/C21H19ClN4O5/c1-30-21(27)17-10-16(25-4-6-31-7-5-25)11-19(20(17)26(28)29)24-15-9-13-8-14(22)2-3-18(13)23-12-15/h2-3,8-12,24H,4-7H2,1H3. The minimum absolute atomic E-state index is 0.129. The number of nitrogens with one attached hydrogen (secondary N) is 1. The van der Waals surface area contributed by atoms with Crippen molar-refractivity contribution in [1.29, 1.82) is 0 Å². The number of ether oxygens (including phenoxy) is 2. The molecule has 0 radical (unpaired) electrons. The number of nitrogens with zero attached hydrogens (tertiary/aromatic N) is 3. The van der Waals surface area contributed by atoms with Gasteiger partial charge >= 0.3 is 11.7 Å². The topological polar surface area (TPSA) is 107 Å². The highest BCUT2D eigenvalue weighted by Gasteiger charge is 2.28. The van der Waals surface area contributed by atoms with E-state index in [-0.39, 0.29) is 16.9 Å². The van der Waals surface area contributed by atoms with Crippen LogP contribution in [0.25, 0.3) is 10.9 Å². The van der Waals surface area contributed by atoms with E-state index in [4.69, 9.17) is 21.1 Å². The van der Waals surface area contributed by atoms with Gasteiger partial charge < -0.3 is 19.7 Å². The average molecular weight is 443 g/mol.